The van der Waals surface area contributed by atoms with Gasteiger partial charge >= 0.3 is 12.1 Å². The third-order valence-electron chi connectivity index (χ3n) is 3.18. The van der Waals surface area contributed by atoms with Crippen molar-refractivity contribution in [2.75, 3.05) is 0 Å². The zero-order valence-electron chi connectivity index (χ0n) is 13.4. The number of ether oxygens (including phenoxy) is 1. The molecule has 1 aromatic carbocycles. The summed E-state index contributed by atoms with van der Waals surface area (Å²) in [5.41, 5.74) is -3.71. The lowest BCUT2D eigenvalue weighted by Crippen LogP contribution is -2.22. The minimum atomic E-state index is -4.87. The second-order valence-electron chi connectivity index (χ2n) is 5.51. The molecule has 0 aliphatic carbocycles. The Morgan fingerprint density at radius 2 is 1.85 bits per heavy atom. The molecule has 0 amide bonds. The molecule has 1 aromatic heterocycles. The lowest BCUT2D eigenvalue weighted by atomic mass is 10.1. The highest BCUT2D eigenvalue weighted by atomic mass is 35.5. The van der Waals surface area contributed by atoms with Crippen LogP contribution in [-0.4, -0.2) is 21.7 Å². The Bertz CT molecular complexity index is 922. The molecule has 0 radical (unpaired) electrons. The van der Waals surface area contributed by atoms with Crippen molar-refractivity contribution >= 4 is 17.6 Å². The third kappa shape index (κ3) is 3.98. The number of aromatic hydroxyl groups is 1. The summed E-state index contributed by atoms with van der Waals surface area (Å²) < 4.78 is 57.5. The number of halogens is 5. The monoisotopic (exact) mass is 393 g/mol. The van der Waals surface area contributed by atoms with Crippen LogP contribution in [0.15, 0.2) is 29.1 Å². The SMILES string of the molecule is CC(C)OC(=O)c1cc(-n2c(O)cc(C(F)(F)F)cc2=O)c(F)cc1Cl. The molecule has 0 atom stereocenters. The standard InChI is InChI=1S/C16H12ClF4NO4/c1-7(2)26-15(25)9-5-12(11(18)6-10(9)17)22-13(23)3-8(4-14(22)24)16(19,20)21/h3-7,23H,1-2H3. The van der Waals surface area contributed by atoms with Crippen molar-refractivity contribution in [2.24, 2.45) is 0 Å². The number of esters is 1. The fourth-order valence-corrected chi connectivity index (χ4v) is 2.33. The van der Waals surface area contributed by atoms with E-state index >= 15 is 0 Å². The van der Waals surface area contributed by atoms with E-state index in [4.69, 9.17) is 16.3 Å². The number of rotatable bonds is 3. The molecule has 0 unspecified atom stereocenters. The molecule has 2 rings (SSSR count). The van der Waals surface area contributed by atoms with Gasteiger partial charge < -0.3 is 9.84 Å². The molecule has 5 nitrogen and oxygen atoms in total. The number of carbonyl (C=O) groups excluding carboxylic acids is 1. The summed E-state index contributed by atoms with van der Waals surface area (Å²) in [6.07, 6.45) is -5.39. The number of aromatic nitrogens is 1. The first-order valence-electron chi connectivity index (χ1n) is 7.15. The van der Waals surface area contributed by atoms with E-state index in [2.05, 4.69) is 0 Å². The summed E-state index contributed by atoms with van der Waals surface area (Å²) in [7, 11) is 0. The molecule has 0 fully saturated rings. The van der Waals surface area contributed by atoms with Crippen molar-refractivity contribution < 1.29 is 32.2 Å². The van der Waals surface area contributed by atoms with Crippen molar-refractivity contribution in [1.82, 2.24) is 4.57 Å². The Kier molecular flexibility index (Phi) is 5.31. The van der Waals surface area contributed by atoms with Crippen LogP contribution in [0, 0.1) is 5.82 Å². The molecule has 0 saturated heterocycles. The molecule has 1 heterocycles. The van der Waals surface area contributed by atoms with Gasteiger partial charge in [-0.05, 0) is 26.0 Å². The Labute approximate surface area is 149 Å². The molecule has 1 N–H and O–H groups in total. The van der Waals surface area contributed by atoms with Gasteiger partial charge in [0.25, 0.3) is 5.56 Å². The fraction of sp³-hybridized carbons (Fsp3) is 0.250. The van der Waals surface area contributed by atoms with Crippen molar-refractivity contribution in [2.45, 2.75) is 26.1 Å². The first-order chi connectivity index (χ1) is 11.9. The minimum absolute atomic E-state index is 0.194. The molecule has 0 aliphatic heterocycles. The summed E-state index contributed by atoms with van der Waals surface area (Å²) >= 11 is 5.79. The van der Waals surface area contributed by atoms with E-state index in [1.807, 2.05) is 0 Å². The smallest absolute Gasteiger partial charge is 0.416 e. The van der Waals surface area contributed by atoms with Crippen molar-refractivity contribution in [1.29, 1.82) is 0 Å². The highest BCUT2D eigenvalue weighted by molar-refractivity contribution is 6.33. The maximum absolute atomic E-state index is 14.2. The second-order valence-corrected chi connectivity index (χ2v) is 5.92. The summed E-state index contributed by atoms with van der Waals surface area (Å²) in [6, 6.07) is 1.97. The van der Waals surface area contributed by atoms with E-state index < -0.39 is 46.8 Å². The van der Waals surface area contributed by atoms with Gasteiger partial charge in [-0.1, -0.05) is 11.6 Å². The summed E-state index contributed by atoms with van der Waals surface area (Å²) in [6.45, 7) is 3.12. The number of nitrogens with zero attached hydrogens (tertiary/aromatic N) is 1. The highest BCUT2D eigenvalue weighted by Gasteiger charge is 2.32. The first kappa shape index (κ1) is 19.8. The normalized spacial score (nSPS) is 11.7. The number of benzene rings is 1. The number of carbonyl (C=O) groups is 1. The van der Waals surface area contributed by atoms with Gasteiger partial charge in [-0.25, -0.2) is 13.8 Å². The van der Waals surface area contributed by atoms with E-state index in [1.165, 1.54) is 0 Å². The molecule has 0 saturated carbocycles. The third-order valence-corrected chi connectivity index (χ3v) is 3.49. The van der Waals surface area contributed by atoms with Crippen LogP contribution in [0.4, 0.5) is 17.6 Å². The van der Waals surface area contributed by atoms with Gasteiger partial charge in [0.1, 0.15) is 5.82 Å². The Morgan fingerprint density at radius 1 is 1.23 bits per heavy atom. The lowest BCUT2D eigenvalue weighted by Gasteiger charge is -2.15. The van der Waals surface area contributed by atoms with Gasteiger partial charge in [0.2, 0.25) is 0 Å². The van der Waals surface area contributed by atoms with Crippen molar-refractivity contribution in [3.05, 3.63) is 56.6 Å². The number of pyridine rings is 1. The van der Waals surface area contributed by atoms with Gasteiger partial charge in [-0.15, -0.1) is 0 Å². The molecule has 26 heavy (non-hydrogen) atoms. The van der Waals surface area contributed by atoms with Crippen LogP contribution in [-0.2, 0) is 10.9 Å². The minimum Gasteiger partial charge on any atom is -0.494 e. The molecule has 140 valence electrons. The predicted octanol–water partition coefficient (Wildman–Crippen LogP) is 3.92. The summed E-state index contributed by atoms with van der Waals surface area (Å²) in [4.78, 5) is 24.0. The number of alkyl halides is 3. The zero-order valence-corrected chi connectivity index (χ0v) is 14.2. The molecular formula is C16H12ClF4NO4. The average Bonchev–Trinajstić information content (AvgIpc) is 2.46. The van der Waals surface area contributed by atoms with Crippen LogP contribution in [0.3, 0.4) is 0 Å². The maximum atomic E-state index is 14.2. The van der Waals surface area contributed by atoms with E-state index in [9.17, 15) is 32.3 Å². The maximum Gasteiger partial charge on any atom is 0.416 e. The Morgan fingerprint density at radius 3 is 2.35 bits per heavy atom. The lowest BCUT2D eigenvalue weighted by molar-refractivity contribution is -0.137. The van der Waals surface area contributed by atoms with E-state index in [0.29, 0.717) is 6.07 Å². The highest BCUT2D eigenvalue weighted by Crippen LogP contribution is 2.32. The van der Waals surface area contributed by atoms with Crippen LogP contribution >= 0.6 is 11.6 Å². The Hall–Kier alpha value is -2.55. The predicted molar refractivity (Wildman–Crippen MR) is 84.2 cm³/mol. The quantitative estimate of drug-likeness (QED) is 0.634. The van der Waals surface area contributed by atoms with Crippen molar-refractivity contribution in [3.63, 3.8) is 0 Å². The molecule has 0 spiro atoms. The van der Waals surface area contributed by atoms with Crippen LogP contribution in [0.25, 0.3) is 5.69 Å². The van der Waals surface area contributed by atoms with Crippen LogP contribution in [0.2, 0.25) is 5.02 Å². The van der Waals surface area contributed by atoms with Crippen LogP contribution in [0.1, 0.15) is 29.8 Å². The van der Waals surface area contributed by atoms with Gasteiger partial charge in [-0.3, -0.25) is 4.79 Å². The molecule has 0 bridgehead atoms. The van der Waals surface area contributed by atoms with Gasteiger partial charge in [-0.2, -0.15) is 13.2 Å². The Balaban J connectivity index is 2.66. The number of hydrogen-bond donors (Lipinski definition) is 1. The van der Waals surface area contributed by atoms with Gasteiger partial charge in [0.05, 0.1) is 27.9 Å². The van der Waals surface area contributed by atoms with Gasteiger partial charge in [0.15, 0.2) is 5.88 Å². The average molecular weight is 394 g/mol. The fourth-order valence-electron chi connectivity index (χ4n) is 2.10. The molecule has 2 aromatic rings. The van der Waals surface area contributed by atoms with E-state index in [0.717, 1.165) is 6.07 Å². The van der Waals surface area contributed by atoms with E-state index in [-0.39, 0.29) is 27.3 Å². The molecule has 0 aliphatic rings. The van der Waals surface area contributed by atoms with E-state index in [1.54, 1.807) is 13.8 Å². The number of hydrogen-bond acceptors (Lipinski definition) is 4. The second kappa shape index (κ2) is 6.99. The largest absolute Gasteiger partial charge is 0.494 e. The van der Waals surface area contributed by atoms with Gasteiger partial charge in [0, 0.05) is 12.1 Å². The summed E-state index contributed by atoms with van der Waals surface area (Å²) in [5, 5.41) is 9.48. The van der Waals surface area contributed by atoms with Crippen LogP contribution in [0.5, 0.6) is 5.88 Å². The first-order valence-corrected chi connectivity index (χ1v) is 7.53. The summed E-state index contributed by atoms with van der Waals surface area (Å²) in [5.74, 6) is -3.21. The molecular weight excluding hydrogens is 382 g/mol. The topological polar surface area (TPSA) is 68.5 Å². The van der Waals surface area contributed by atoms with Crippen LogP contribution < -0.4 is 5.56 Å². The molecule has 10 heteroatoms. The van der Waals surface area contributed by atoms with Crippen molar-refractivity contribution in [3.8, 4) is 11.6 Å². The zero-order chi connectivity index (χ0) is 19.8.